The Morgan fingerprint density at radius 1 is 0.909 bits per heavy atom. The van der Waals surface area contributed by atoms with E-state index in [4.69, 9.17) is 9.84 Å². The first kappa shape index (κ1) is 17.9. The second kappa shape index (κ2) is 8.32. The number of ether oxygens (including phenoxy) is 1. The van der Waals surface area contributed by atoms with Gasteiger partial charge in [0.2, 0.25) is 0 Å². The summed E-state index contributed by atoms with van der Waals surface area (Å²) in [6.07, 6.45) is 0.100. The fourth-order valence-electron chi connectivity index (χ4n) is 2.12. The van der Waals surface area contributed by atoms with Gasteiger partial charge in [-0.05, 0) is 62.1 Å². The lowest BCUT2D eigenvalue weighted by atomic mass is 9.98. The molecule has 0 aromatic heterocycles. The topological polar surface area (TPSA) is 49.7 Å². The second-order valence-corrected chi connectivity index (χ2v) is 5.83. The third-order valence-corrected chi connectivity index (χ3v) is 3.10. The monoisotopic (exact) mass is 302 g/mol. The molecule has 0 atom stereocenters. The molecule has 3 nitrogen and oxygen atoms in total. The summed E-state index contributed by atoms with van der Waals surface area (Å²) in [6, 6.07) is 12.5. The molecule has 0 aliphatic heterocycles. The van der Waals surface area contributed by atoms with E-state index in [1.165, 1.54) is 11.1 Å². The summed E-state index contributed by atoms with van der Waals surface area (Å²) in [5, 5.41) is 18.4. The molecule has 2 N–H and O–H groups in total. The first-order chi connectivity index (χ1) is 10.3. The van der Waals surface area contributed by atoms with Gasteiger partial charge in [0.15, 0.2) is 11.5 Å². The van der Waals surface area contributed by atoms with Crippen LogP contribution in [0.1, 0.15) is 44.7 Å². The quantitative estimate of drug-likeness (QED) is 0.838. The molecule has 120 valence electrons. The largest absolute Gasteiger partial charge is 0.508 e. The molecule has 0 aliphatic rings. The number of hydrogen-bond acceptors (Lipinski definition) is 3. The lowest BCUT2D eigenvalue weighted by molar-refractivity contribution is 0.232. The van der Waals surface area contributed by atoms with Gasteiger partial charge in [0.05, 0.1) is 6.10 Å². The van der Waals surface area contributed by atoms with Crippen LogP contribution in [-0.4, -0.2) is 16.3 Å². The van der Waals surface area contributed by atoms with E-state index in [-0.39, 0.29) is 11.9 Å². The van der Waals surface area contributed by atoms with Crippen LogP contribution >= 0.6 is 0 Å². The fourth-order valence-corrected chi connectivity index (χ4v) is 2.12. The van der Waals surface area contributed by atoms with Crippen LogP contribution in [0.5, 0.6) is 17.2 Å². The Morgan fingerprint density at radius 3 is 2.05 bits per heavy atom. The van der Waals surface area contributed by atoms with E-state index < -0.39 is 0 Å². The number of aryl methyl sites for hydroxylation is 1. The highest BCUT2D eigenvalue weighted by molar-refractivity contribution is 5.38. The third kappa shape index (κ3) is 5.68. The van der Waals surface area contributed by atoms with Crippen LogP contribution in [0.25, 0.3) is 0 Å². The molecule has 0 spiro atoms. The van der Waals surface area contributed by atoms with Gasteiger partial charge < -0.3 is 14.9 Å². The molecular weight excluding hydrogens is 276 g/mol. The number of phenols is 2. The van der Waals surface area contributed by atoms with Gasteiger partial charge in [0.25, 0.3) is 0 Å². The van der Waals surface area contributed by atoms with E-state index in [0.717, 1.165) is 0 Å². The molecule has 0 radical (unpaired) electrons. The molecule has 0 fully saturated rings. The van der Waals surface area contributed by atoms with Crippen molar-refractivity contribution in [2.45, 2.75) is 46.6 Å². The minimum Gasteiger partial charge on any atom is -0.508 e. The zero-order valence-corrected chi connectivity index (χ0v) is 14.0. The van der Waals surface area contributed by atoms with Gasteiger partial charge in [-0.25, -0.2) is 0 Å². The molecule has 2 aromatic rings. The van der Waals surface area contributed by atoms with E-state index in [1.54, 1.807) is 30.3 Å². The molecule has 0 bridgehead atoms. The Balaban J connectivity index is 0.000000220. The summed E-state index contributed by atoms with van der Waals surface area (Å²) < 4.78 is 5.29. The highest BCUT2D eigenvalue weighted by Crippen LogP contribution is 2.25. The van der Waals surface area contributed by atoms with Crippen LogP contribution in [-0.2, 0) is 0 Å². The van der Waals surface area contributed by atoms with Crippen molar-refractivity contribution in [1.82, 2.24) is 0 Å². The molecule has 2 rings (SSSR count). The molecule has 0 saturated carbocycles. The van der Waals surface area contributed by atoms with Crippen molar-refractivity contribution < 1.29 is 14.9 Å². The molecule has 2 aromatic carbocycles. The molecule has 0 saturated heterocycles. The van der Waals surface area contributed by atoms with Gasteiger partial charge in [0.1, 0.15) is 5.75 Å². The Hall–Kier alpha value is -2.16. The summed E-state index contributed by atoms with van der Waals surface area (Å²) >= 11 is 0. The van der Waals surface area contributed by atoms with Crippen LogP contribution in [0.3, 0.4) is 0 Å². The number of phenolic OH excluding ortho intramolecular Hbond substituents is 2. The highest BCUT2D eigenvalue weighted by atomic mass is 16.5. The molecule has 0 aliphatic carbocycles. The first-order valence-electron chi connectivity index (χ1n) is 7.55. The predicted octanol–water partition coefficient (Wildman–Crippen LogP) is 5.00. The summed E-state index contributed by atoms with van der Waals surface area (Å²) in [6.45, 7) is 10.2. The number of hydrogen-bond donors (Lipinski definition) is 2. The van der Waals surface area contributed by atoms with Crippen molar-refractivity contribution in [2.75, 3.05) is 0 Å². The smallest absolute Gasteiger partial charge is 0.161 e. The Bertz CT molecular complexity index is 589. The minimum atomic E-state index is 0.100. The zero-order valence-electron chi connectivity index (χ0n) is 14.0. The molecule has 22 heavy (non-hydrogen) atoms. The zero-order chi connectivity index (χ0) is 16.7. The average molecular weight is 302 g/mol. The van der Waals surface area contributed by atoms with Crippen LogP contribution in [0.4, 0.5) is 0 Å². The van der Waals surface area contributed by atoms with E-state index in [9.17, 15) is 5.11 Å². The van der Waals surface area contributed by atoms with E-state index in [0.29, 0.717) is 17.4 Å². The van der Waals surface area contributed by atoms with Gasteiger partial charge in [-0.1, -0.05) is 32.0 Å². The maximum absolute atomic E-state index is 9.23. The minimum absolute atomic E-state index is 0.100. The Kier molecular flexibility index (Phi) is 6.77. The number of rotatable bonds is 3. The van der Waals surface area contributed by atoms with Gasteiger partial charge in [-0.2, -0.15) is 0 Å². The summed E-state index contributed by atoms with van der Waals surface area (Å²) in [4.78, 5) is 0. The third-order valence-electron chi connectivity index (χ3n) is 3.10. The van der Waals surface area contributed by atoms with Gasteiger partial charge in [-0.3, -0.25) is 0 Å². The molecule has 0 unspecified atom stereocenters. The lowest BCUT2D eigenvalue weighted by Crippen LogP contribution is -2.05. The average Bonchev–Trinajstić information content (AvgIpc) is 2.41. The number of benzene rings is 2. The standard InChI is InChI=1S/C10H14O.C9H12O2/c1-7(2)10-5-4-9(11)6-8(10)3;1-7(2)11-9-6-4-3-5-8(9)10/h4-7,11H,1-3H3;3-7,10H,1-2H3. The van der Waals surface area contributed by atoms with Crippen molar-refractivity contribution >= 4 is 0 Å². The van der Waals surface area contributed by atoms with E-state index in [2.05, 4.69) is 13.8 Å². The number of aromatic hydroxyl groups is 2. The normalized spacial score (nSPS) is 10.3. The van der Waals surface area contributed by atoms with E-state index in [1.807, 2.05) is 32.9 Å². The lowest BCUT2D eigenvalue weighted by Gasteiger charge is -2.09. The second-order valence-electron chi connectivity index (χ2n) is 5.83. The summed E-state index contributed by atoms with van der Waals surface area (Å²) in [5.74, 6) is 1.63. The molecular formula is C19H26O3. The van der Waals surface area contributed by atoms with Crippen molar-refractivity contribution in [3.63, 3.8) is 0 Å². The summed E-state index contributed by atoms with van der Waals surface area (Å²) in [5.41, 5.74) is 2.47. The van der Waals surface area contributed by atoms with E-state index >= 15 is 0 Å². The van der Waals surface area contributed by atoms with Gasteiger partial charge >= 0.3 is 0 Å². The van der Waals surface area contributed by atoms with Gasteiger partial charge in [0, 0.05) is 0 Å². The predicted molar refractivity (Wildman–Crippen MR) is 90.8 cm³/mol. The highest BCUT2D eigenvalue weighted by Gasteiger charge is 2.02. The Morgan fingerprint density at radius 2 is 1.55 bits per heavy atom. The maximum Gasteiger partial charge on any atom is 0.161 e. The van der Waals surface area contributed by atoms with Crippen molar-refractivity contribution in [2.24, 2.45) is 0 Å². The maximum atomic E-state index is 9.23. The van der Waals surface area contributed by atoms with Crippen molar-refractivity contribution in [1.29, 1.82) is 0 Å². The van der Waals surface area contributed by atoms with Crippen LogP contribution in [0.15, 0.2) is 42.5 Å². The SMILES string of the molecule is CC(C)Oc1ccccc1O.Cc1cc(O)ccc1C(C)C. The number of para-hydroxylation sites is 2. The fraction of sp³-hybridized carbons (Fsp3) is 0.368. The molecule has 0 heterocycles. The van der Waals surface area contributed by atoms with Crippen LogP contribution in [0.2, 0.25) is 0 Å². The Labute approximate surface area is 133 Å². The first-order valence-corrected chi connectivity index (χ1v) is 7.55. The van der Waals surface area contributed by atoms with Crippen molar-refractivity contribution in [3.8, 4) is 17.2 Å². The van der Waals surface area contributed by atoms with Gasteiger partial charge in [-0.15, -0.1) is 0 Å². The van der Waals surface area contributed by atoms with Crippen LogP contribution in [0, 0.1) is 6.92 Å². The summed E-state index contributed by atoms with van der Waals surface area (Å²) in [7, 11) is 0. The molecule has 3 heteroatoms. The molecule has 0 amide bonds. The van der Waals surface area contributed by atoms with Crippen LogP contribution < -0.4 is 4.74 Å². The van der Waals surface area contributed by atoms with Crippen molar-refractivity contribution in [3.05, 3.63) is 53.6 Å².